The summed E-state index contributed by atoms with van der Waals surface area (Å²) in [6.45, 7) is 0.398. The molecule has 0 bridgehead atoms. The molecule has 1 saturated heterocycles. The molecule has 28 heavy (non-hydrogen) atoms. The summed E-state index contributed by atoms with van der Waals surface area (Å²) in [7, 11) is -3.61. The van der Waals surface area contributed by atoms with Crippen LogP contribution in [0.3, 0.4) is 0 Å². The fraction of sp³-hybridized carbons (Fsp3) is 0.235. The van der Waals surface area contributed by atoms with Crippen LogP contribution in [-0.2, 0) is 10.0 Å². The first kappa shape index (κ1) is 19.1. The van der Waals surface area contributed by atoms with E-state index in [4.69, 9.17) is 0 Å². The van der Waals surface area contributed by atoms with Gasteiger partial charge in [0, 0.05) is 12.2 Å². The highest BCUT2D eigenvalue weighted by Crippen LogP contribution is 2.38. The Morgan fingerprint density at radius 1 is 1.25 bits per heavy atom. The summed E-state index contributed by atoms with van der Waals surface area (Å²) in [5, 5.41) is 12.8. The van der Waals surface area contributed by atoms with E-state index in [2.05, 4.69) is 15.5 Å². The first-order chi connectivity index (χ1) is 13.4. The molecule has 1 aliphatic rings. The van der Waals surface area contributed by atoms with Gasteiger partial charge in [-0.1, -0.05) is 23.5 Å². The van der Waals surface area contributed by atoms with Crippen LogP contribution in [0.25, 0.3) is 0 Å². The smallest absolute Gasteiger partial charge is 0.286 e. The van der Waals surface area contributed by atoms with Crippen molar-refractivity contribution in [2.75, 3.05) is 11.9 Å². The van der Waals surface area contributed by atoms with Gasteiger partial charge in [0.05, 0.1) is 6.04 Å². The Balaban J connectivity index is 1.54. The second kappa shape index (κ2) is 7.66. The number of sulfonamides is 1. The number of hydrogen-bond donors (Lipinski definition) is 1. The van der Waals surface area contributed by atoms with Crippen LogP contribution >= 0.6 is 22.7 Å². The Morgan fingerprint density at radius 3 is 2.86 bits per heavy atom. The standard InChI is InChI=1S/C17H15FN4O3S3/c18-11-4-1-5-12(10-11)19-15(23)17-21-20-16(27-17)13-6-2-8-22(13)28(24,25)14-7-3-9-26-14/h1,3-5,7,9-10,13H,2,6,8H2,(H,19,23). The molecule has 0 spiro atoms. The van der Waals surface area contributed by atoms with E-state index in [1.54, 1.807) is 23.6 Å². The summed E-state index contributed by atoms with van der Waals surface area (Å²) in [5.41, 5.74) is 0.310. The lowest BCUT2D eigenvalue weighted by molar-refractivity contribution is 0.102. The second-order valence-electron chi connectivity index (χ2n) is 6.12. The lowest BCUT2D eigenvalue weighted by atomic mass is 10.2. The number of amides is 1. The molecule has 146 valence electrons. The van der Waals surface area contributed by atoms with Gasteiger partial charge in [-0.2, -0.15) is 4.31 Å². The number of carbonyl (C=O) groups is 1. The number of aromatic nitrogens is 2. The molecule has 1 atom stereocenters. The topological polar surface area (TPSA) is 92.3 Å². The van der Waals surface area contributed by atoms with E-state index < -0.39 is 27.8 Å². The zero-order valence-corrected chi connectivity index (χ0v) is 16.9. The number of thiophene rings is 1. The van der Waals surface area contributed by atoms with Gasteiger partial charge in [-0.15, -0.1) is 21.5 Å². The number of rotatable bonds is 5. The monoisotopic (exact) mass is 438 g/mol. The van der Waals surface area contributed by atoms with Crippen molar-refractivity contribution in [2.45, 2.75) is 23.1 Å². The van der Waals surface area contributed by atoms with Crippen molar-refractivity contribution in [2.24, 2.45) is 0 Å². The Hall–Kier alpha value is -2.21. The van der Waals surface area contributed by atoms with Gasteiger partial charge in [-0.3, -0.25) is 4.79 Å². The fourth-order valence-corrected chi connectivity index (χ4v) is 6.75. The maximum absolute atomic E-state index is 13.3. The van der Waals surface area contributed by atoms with Crippen LogP contribution in [0.2, 0.25) is 0 Å². The number of nitrogens with zero attached hydrogens (tertiary/aromatic N) is 3. The average molecular weight is 439 g/mol. The van der Waals surface area contributed by atoms with Crippen molar-refractivity contribution < 1.29 is 17.6 Å². The SMILES string of the molecule is O=C(Nc1cccc(F)c1)c1nnc(C2CCCN2S(=O)(=O)c2cccs2)s1. The van der Waals surface area contributed by atoms with Crippen LogP contribution in [0.1, 0.15) is 33.7 Å². The maximum atomic E-state index is 13.3. The Bertz CT molecular complexity index is 1100. The van der Waals surface area contributed by atoms with Gasteiger partial charge in [0.1, 0.15) is 15.0 Å². The van der Waals surface area contributed by atoms with Crippen molar-refractivity contribution in [3.8, 4) is 0 Å². The highest BCUT2D eigenvalue weighted by atomic mass is 32.2. The Morgan fingerprint density at radius 2 is 2.11 bits per heavy atom. The van der Waals surface area contributed by atoms with Crippen LogP contribution in [0.15, 0.2) is 46.0 Å². The van der Waals surface area contributed by atoms with Gasteiger partial charge in [0.2, 0.25) is 5.01 Å². The predicted molar refractivity (Wildman–Crippen MR) is 104 cm³/mol. The lowest BCUT2D eigenvalue weighted by Crippen LogP contribution is -2.30. The van der Waals surface area contributed by atoms with E-state index in [9.17, 15) is 17.6 Å². The van der Waals surface area contributed by atoms with Crippen LogP contribution in [0, 0.1) is 5.82 Å². The number of halogens is 1. The normalized spacial score (nSPS) is 17.7. The van der Waals surface area contributed by atoms with Crippen molar-refractivity contribution in [1.82, 2.24) is 14.5 Å². The first-order valence-electron chi connectivity index (χ1n) is 8.41. The molecule has 1 fully saturated rings. The number of benzene rings is 1. The molecular weight excluding hydrogens is 423 g/mol. The van der Waals surface area contributed by atoms with E-state index in [1.807, 2.05) is 0 Å². The lowest BCUT2D eigenvalue weighted by Gasteiger charge is -2.21. The third-order valence-corrected chi connectivity index (χ3v) is 8.57. The van der Waals surface area contributed by atoms with E-state index in [1.165, 1.54) is 33.8 Å². The minimum absolute atomic E-state index is 0.0969. The molecule has 11 heteroatoms. The molecule has 1 unspecified atom stereocenters. The number of anilines is 1. The maximum Gasteiger partial charge on any atom is 0.286 e. The van der Waals surface area contributed by atoms with Gasteiger partial charge in [0.15, 0.2) is 0 Å². The second-order valence-corrected chi connectivity index (χ2v) is 10.2. The first-order valence-corrected chi connectivity index (χ1v) is 11.5. The van der Waals surface area contributed by atoms with E-state index in [0.717, 1.165) is 11.3 Å². The van der Waals surface area contributed by atoms with Crippen LogP contribution in [0.4, 0.5) is 10.1 Å². The molecule has 7 nitrogen and oxygen atoms in total. The summed E-state index contributed by atoms with van der Waals surface area (Å²) in [4.78, 5) is 12.4. The molecule has 0 aliphatic carbocycles. The average Bonchev–Trinajstić information content (AvgIpc) is 3.42. The van der Waals surface area contributed by atoms with Gasteiger partial charge in [-0.25, -0.2) is 12.8 Å². The van der Waals surface area contributed by atoms with E-state index in [0.29, 0.717) is 30.1 Å². The predicted octanol–water partition coefficient (Wildman–Crippen LogP) is 3.52. The molecule has 1 amide bonds. The van der Waals surface area contributed by atoms with Gasteiger partial charge < -0.3 is 5.32 Å². The molecule has 1 N–H and O–H groups in total. The molecule has 1 aromatic carbocycles. The number of hydrogen-bond acceptors (Lipinski definition) is 7. The fourth-order valence-electron chi connectivity index (χ4n) is 3.01. The highest BCUT2D eigenvalue weighted by molar-refractivity contribution is 7.91. The third-order valence-electron chi connectivity index (χ3n) is 4.26. The van der Waals surface area contributed by atoms with E-state index in [-0.39, 0.29) is 9.22 Å². The van der Waals surface area contributed by atoms with Gasteiger partial charge in [0.25, 0.3) is 15.9 Å². The highest BCUT2D eigenvalue weighted by Gasteiger charge is 2.38. The van der Waals surface area contributed by atoms with Crippen LogP contribution in [-0.4, -0.2) is 35.4 Å². The summed E-state index contributed by atoms with van der Waals surface area (Å²) in [6.07, 6.45) is 1.32. The minimum Gasteiger partial charge on any atom is -0.320 e. The molecule has 3 heterocycles. The molecule has 0 radical (unpaired) electrons. The van der Waals surface area contributed by atoms with Crippen molar-refractivity contribution in [1.29, 1.82) is 0 Å². The van der Waals surface area contributed by atoms with Crippen molar-refractivity contribution >= 4 is 44.3 Å². The van der Waals surface area contributed by atoms with E-state index >= 15 is 0 Å². The summed E-state index contributed by atoms with van der Waals surface area (Å²) in [5.74, 6) is -0.976. The Labute approximate surface area is 168 Å². The Kier molecular flexibility index (Phi) is 5.23. The minimum atomic E-state index is -3.61. The van der Waals surface area contributed by atoms with Crippen LogP contribution < -0.4 is 5.32 Å². The molecule has 1 aliphatic heterocycles. The van der Waals surface area contributed by atoms with Gasteiger partial charge >= 0.3 is 0 Å². The zero-order chi connectivity index (χ0) is 19.7. The summed E-state index contributed by atoms with van der Waals surface area (Å²) < 4.78 is 40.7. The molecule has 3 aromatic rings. The molecule has 2 aromatic heterocycles. The molecular formula is C17H15FN4O3S3. The number of nitrogens with one attached hydrogen (secondary N) is 1. The van der Waals surface area contributed by atoms with Crippen molar-refractivity contribution in [3.05, 3.63) is 57.6 Å². The summed E-state index contributed by atoms with van der Waals surface area (Å²) >= 11 is 2.22. The molecule has 0 saturated carbocycles. The number of carbonyl (C=O) groups excluding carboxylic acids is 1. The molecule has 4 rings (SSSR count). The van der Waals surface area contributed by atoms with Crippen LogP contribution in [0.5, 0.6) is 0 Å². The van der Waals surface area contributed by atoms with Gasteiger partial charge in [-0.05, 0) is 42.5 Å². The quantitative estimate of drug-likeness (QED) is 0.658. The largest absolute Gasteiger partial charge is 0.320 e. The third kappa shape index (κ3) is 3.70. The zero-order valence-electron chi connectivity index (χ0n) is 14.4. The van der Waals surface area contributed by atoms with Crippen molar-refractivity contribution in [3.63, 3.8) is 0 Å². The summed E-state index contributed by atoms with van der Waals surface area (Å²) in [6, 6.07) is 8.36.